The van der Waals surface area contributed by atoms with Crippen molar-refractivity contribution in [3.8, 4) is 0 Å². The average Bonchev–Trinajstić information content (AvgIpc) is 2.64. The van der Waals surface area contributed by atoms with E-state index in [0.29, 0.717) is 11.3 Å². The molecule has 6 nitrogen and oxygen atoms in total. The van der Waals surface area contributed by atoms with Crippen molar-refractivity contribution in [2.45, 2.75) is 0 Å². The highest BCUT2D eigenvalue weighted by molar-refractivity contribution is 9.10. The molecular weight excluding hydrogens is 400 g/mol. The molecule has 0 aliphatic rings. The maximum atomic E-state index is 11.8. The van der Waals surface area contributed by atoms with E-state index in [1.165, 1.54) is 13.1 Å². The van der Waals surface area contributed by atoms with Crippen molar-refractivity contribution in [3.63, 3.8) is 0 Å². The van der Waals surface area contributed by atoms with Gasteiger partial charge in [0.05, 0.1) is 0 Å². The number of hydrogen-bond donors (Lipinski definition) is 2. The second kappa shape index (κ2) is 9.53. The Labute approximate surface area is 159 Å². The summed E-state index contributed by atoms with van der Waals surface area (Å²) in [5.74, 6) is -1.30. The van der Waals surface area contributed by atoms with Crippen molar-refractivity contribution >= 4 is 45.5 Å². The molecule has 2 amide bonds. The summed E-state index contributed by atoms with van der Waals surface area (Å²) < 4.78 is 5.79. The molecule has 0 aliphatic heterocycles. The Bertz CT molecular complexity index is 832. The third kappa shape index (κ3) is 6.18. The van der Waals surface area contributed by atoms with Crippen LogP contribution in [-0.4, -0.2) is 31.4 Å². The molecule has 2 aromatic carbocycles. The van der Waals surface area contributed by atoms with Crippen LogP contribution in [0.4, 0.5) is 5.69 Å². The molecule has 0 bridgehead atoms. The molecule has 2 aromatic rings. The topological polar surface area (TPSA) is 84.5 Å². The Balaban J connectivity index is 1.80. The van der Waals surface area contributed by atoms with Gasteiger partial charge >= 0.3 is 5.97 Å². The van der Waals surface area contributed by atoms with E-state index < -0.39 is 18.5 Å². The second-order valence-electron chi connectivity index (χ2n) is 5.20. The minimum Gasteiger partial charge on any atom is -0.452 e. The Kier molecular flexibility index (Phi) is 7.11. The molecule has 0 fully saturated rings. The third-order valence-corrected chi connectivity index (χ3v) is 3.76. The normalized spacial score (nSPS) is 10.4. The minimum absolute atomic E-state index is 0.214. The van der Waals surface area contributed by atoms with Gasteiger partial charge in [0.25, 0.3) is 11.8 Å². The van der Waals surface area contributed by atoms with Gasteiger partial charge in [0.15, 0.2) is 6.61 Å². The summed E-state index contributed by atoms with van der Waals surface area (Å²) in [6.07, 6.45) is 2.86. The number of nitrogens with one attached hydrogen (secondary N) is 2. The average molecular weight is 417 g/mol. The summed E-state index contributed by atoms with van der Waals surface area (Å²) in [6, 6.07) is 13.8. The standard InChI is InChI=1S/C19H17BrN2O4/c1-21-19(25)14-6-8-16(9-7-14)22-17(23)12-26-18(24)10-5-13-3-2-4-15(20)11-13/h2-11H,12H2,1H3,(H,21,25)(H,22,23)/b10-5+. The maximum absolute atomic E-state index is 11.8. The van der Waals surface area contributed by atoms with Gasteiger partial charge in [-0.25, -0.2) is 4.79 Å². The molecule has 0 atom stereocenters. The molecular formula is C19H17BrN2O4. The van der Waals surface area contributed by atoms with Gasteiger partial charge in [-0.1, -0.05) is 28.1 Å². The van der Waals surface area contributed by atoms with Crippen LogP contribution in [0.15, 0.2) is 59.1 Å². The lowest BCUT2D eigenvalue weighted by molar-refractivity contribution is -0.142. The van der Waals surface area contributed by atoms with Crippen LogP contribution < -0.4 is 10.6 Å². The highest BCUT2D eigenvalue weighted by Crippen LogP contribution is 2.13. The Morgan fingerprint density at radius 3 is 2.50 bits per heavy atom. The first kappa shape index (κ1) is 19.4. The maximum Gasteiger partial charge on any atom is 0.331 e. The predicted octanol–water partition coefficient (Wildman–Crippen LogP) is 3.00. The van der Waals surface area contributed by atoms with Crippen molar-refractivity contribution < 1.29 is 19.1 Å². The molecule has 2 N–H and O–H groups in total. The number of ether oxygens (including phenoxy) is 1. The van der Waals surface area contributed by atoms with Crippen LogP contribution in [-0.2, 0) is 14.3 Å². The number of halogens is 1. The van der Waals surface area contributed by atoms with Crippen molar-refractivity contribution in [1.29, 1.82) is 0 Å². The lowest BCUT2D eigenvalue weighted by Gasteiger charge is -2.06. The Morgan fingerprint density at radius 2 is 1.85 bits per heavy atom. The number of hydrogen-bond acceptors (Lipinski definition) is 4. The number of carbonyl (C=O) groups excluding carboxylic acids is 3. The molecule has 0 saturated heterocycles. The second-order valence-corrected chi connectivity index (χ2v) is 6.12. The summed E-state index contributed by atoms with van der Waals surface area (Å²) in [5, 5.41) is 5.09. The lowest BCUT2D eigenvalue weighted by atomic mass is 10.2. The number of carbonyl (C=O) groups is 3. The zero-order valence-corrected chi connectivity index (χ0v) is 15.6. The van der Waals surface area contributed by atoms with E-state index in [1.807, 2.05) is 24.3 Å². The fourth-order valence-electron chi connectivity index (χ4n) is 2.01. The molecule has 0 spiro atoms. The lowest BCUT2D eigenvalue weighted by Crippen LogP contribution is -2.20. The summed E-state index contributed by atoms with van der Waals surface area (Å²) in [4.78, 5) is 34.9. The fraction of sp³-hybridized carbons (Fsp3) is 0.105. The minimum atomic E-state index is -0.616. The molecule has 0 radical (unpaired) electrons. The first-order chi connectivity index (χ1) is 12.5. The molecule has 0 heterocycles. The largest absolute Gasteiger partial charge is 0.452 e. The zero-order chi connectivity index (χ0) is 18.9. The van der Waals surface area contributed by atoms with E-state index in [0.717, 1.165) is 10.0 Å². The van der Waals surface area contributed by atoms with Crippen molar-refractivity contribution in [2.24, 2.45) is 0 Å². The van der Waals surface area contributed by atoms with Gasteiger partial charge in [0.1, 0.15) is 0 Å². The third-order valence-electron chi connectivity index (χ3n) is 3.26. The number of esters is 1. The van der Waals surface area contributed by atoms with E-state index in [-0.39, 0.29) is 5.91 Å². The number of rotatable bonds is 6. The molecule has 134 valence electrons. The van der Waals surface area contributed by atoms with Gasteiger partial charge in [-0.2, -0.15) is 0 Å². The fourth-order valence-corrected chi connectivity index (χ4v) is 2.42. The van der Waals surface area contributed by atoms with Crippen LogP contribution in [0.1, 0.15) is 15.9 Å². The Hall–Kier alpha value is -2.93. The van der Waals surface area contributed by atoms with Crippen LogP contribution in [0.3, 0.4) is 0 Å². The molecule has 2 rings (SSSR count). The predicted molar refractivity (Wildman–Crippen MR) is 103 cm³/mol. The summed E-state index contributed by atoms with van der Waals surface area (Å²) in [6.45, 7) is -0.404. The van der Waals surface area contributed by atoms with E-state index in [1.54, 1.807) is 30.3 Å². The molecule has 0 saturated carbocycles. The summed E-state index contributed by atoms with van der Waals surface area (Å²) >= 11 is 3.34. The highest BCUT2D eigenvalue weighted by atomic mass is 79.9. The SMILES string of the molecule is CNC(=O)c1ccc(NC(=O)COC(=O)/C=C/c2cccc(Br)c2)cc1. The number of amides is 2. The van der Waals surface area contributed by atoms with Crippen molar-refractivity contribution in [3.05, 3.63) is 70.2 Å². The van der Waals surface area contributed by atoms with Crippen LogP contribution >= 0.6 is 15.9 Å². The first-order valence-electron chi connectivity index (χ1n) is 7.70. The number of benzene rings is 2. The van der Waals surface area contributed by atoms with E-state index >= 15 is 0 Å². The first-order valence-corrected chi connectivity index (χ1v) is 8.49. The number of anilines is 1. The van der Waals surface area contributed by atoms with Crippen LogP contribution in [0.25, 0.3) is 6.08 Å². The Morgan fingerprint density at radius 1 is 1.12 bits per heavy atom. The van der Waals surface area contributed by atoms with Gasteiger partial charge in [-0.15, -0.1) is 0 Å². The highest BCUT2D eigenvalue weighted by Gasteiger charge is 2.07. The molecule has 26 heavy (non-hydrogen) atoms. The quantitative estimate of drug-likeness (QED) is 0.559. The molecule has 0 aliphatic carbocycles. The molecule has 0 aromatic heterocycles. The van der Waals surface area contributed by atoms with Crippen molar-refractivity contribution in [1.82, 2.24) is 5.32 Å². The molecule has 7 heteroatoms. The van der Waals surface area contributed by atoms with Crippen molar-refractivity contribution in [2.75, 3.05) is 19.0 Å². The van der Waals surface area contributed by atoms with Gasteiger partial charge < -0.3 is 15.4 Å². The van der Waals surface area contributed by atoms with E-state index in [2.05, 4.69) is 26.6 Å². The van der Waals surface area contributed by atoms with Gasteiger partial charge in [-0.3, -0.25) is 9.59 Å². The summed E-state index contributed by atoms with van der Waals surface area (Å²) in [5.41, 5.74) is 1.81. The van der Waals surface area contributed by atoms with E-state index in [4.69, 9.17) is 4.74 Å². The zero-order valence-electron chi connectivity index (χ0n) is 14.0. The molecule has 0 unspecified atom stereocenters. The van der Waals surface area contributed by atoms with Crippen LogP contribution in [0.5, 0.6) is 0 Å². The van der Waals surface area contributed by atoms with Gasteiger partial charge in [-0.05, 0) is 48.0 Å². The monoisotopic (exact) mass is 416 g/mol. The smallest absolute Gasteiger partial charge is 0.331 e. The summed E-state index contributed by atoms with van der Waals surface area (Å²) in [7, 11) is 1.54. The van der Waals surface area contributed by atoms with Gasteiger partial charge in [0.2, 0.25) is 0 Å². The van der Waals surface area contributed by atoms with E-state index in [9.17, 15) is 14.4 Å². The van der Waals surface area contributed by atoms with Gasteiger partial charge in [0, 0.05) is 28.8 Å². The van der Waals surface area contributed by atoms with Crippen LogP contribution in [0.2, 0.25) is 0 Å². The van der Waals surface area contributed by atoms with Crippen LogP contribution in [0, 0.1) is 0 Å².